The topological polar surface area (TPSA) is 55.6 Å². The zero-order chi connectivity index (χ0) is 15.1. The molecule has 0 atom stereocenters. The quantitative estimate of drug-likeness (QED) is 0.809. The van der Waals surface area contributed by atoms with Crippen LogP contribution in [0.1, 0.15) is 18.6 Å². The lowest BCUT2D eigenvalue weighted by atomic mass is 9.91. The summed E-state index contributed by atoms with van der Waals surface area (Å²) in [7, 11) is 0. The molecule has 1 saturated heterocycles. The SMILES string of the molecule is O=C1C=C(N2CCOCC2)CC2=C1CC=C2c1cc(Br)no1. The van der Waals surface area contributed by atoms with Gasteiger partial charge >= 0.3 is 0 Å². The predicted octanol–water partition coefficient (Wildman–Crippen LogP) is 2.71. The van der Waals surface area contributed by atoms with Gasteiger partial charge in [0.25, 0.3) is 0 Å². The molecule has 1 fully saturated rings. The van der Waals surface area contributed by atoms with Gasteiger partial charge in [-0.2, -0.15) is 0 Å². The first kappa shape index (κ1) is 14.0. The van der Waals surface area contributed by atoms with Crippen LogP contribution in [-0.4, -0.2) is 42.1 Å². The minimum absolute atomic E-state index is 0.118. The van der Waals surface area contributed by atoms with Gasteiger partial charge < -0.3 is 14.2 Å². The number of allylic oxidation sites excluding steroid dienone is 5. The summed E-state index contributed by atoms with van der Waals surface area (Å²) in [5.74, 6) is 0.834. The van der Waals surface area contributed by atoms with Gasteiger partial charge in [-0.3, -0.25) is 4.79 Å². The molecule has 22 heavy (non-hydrogen) atoms. The molecule has 114 valence electrons. The van der Waals surface area contributed by atoms with Gasteiger partial charge in [0.1, 0.15) is 4.60 Å². The van der Waals surface area contributed by atoms with Crippen molar-refractivity contribution in [3.05, 3.63) is 45.4 Å². The molecule has 0 aromatic carbocycles. The van der Waals surface area contributed by atoms with Gasteiger partial charge in [0.15, 0.2) is 11.5 Å². The molecule has 3 aliphatic rings. The van der Waals surface area contributed by atoms with Gasteiger partial charge in [0.2, 0.25) is 0 Å². The van der Waals surface area contributed by atoms with E-state index >= 15 is 0 Å². The zero-order valence-electron chi connectivity index (χ0n) is 12.0. The number of hydrogen-bond acceptors (Lipinski definition) is 5. The molecule has 1 aromatic rings. The van der Waals surface area contributed by atoms with Crippen LogP contribution in [0.25, 0.3) is 5.57 Å². The number of hydrogen-bond donors (Lipinski definition) is 0. The average Bonchev–Trinajstić information content (AvgIpc) is 3.14. The van der Waals surface area contributed by atoms with E-state index in [1.807, 2.05) is 6.07 Å². The zero-order valence-corrected chi connectivity index (χ0v) is 13.6. The van der Waals surface area contributed by atoms with Crippen LogP contribution in [0.4, 0.5) is 0 Å². The van der Waals surface area contributed by atoms with Crippen LogP contribution < -0.4 is 0 Å². The van der Waals surface area contributed by atoms with Crippen LogP contribution in [0.2, 0.25) is 0 Å². The molecule has 0 spiro atoms. The van der Waals surface area contributed by atoms with Crippen LogP contribution in [0.15, 0.2) is 44.2 Å². The fourth-order valence-corrected chi connectivity index (χ4v) is 3.50. The summed E-state index contributed by atoms with van der Waals surface area (Å²) < 4.78 is 11.4. The summed E-state index contributed by atoms with van der Waals surface area (Å²) in [4.78, 5) is 14.7. The van der Waals surface area contributed by atoms with Gasteiger partial charge in [0.05, 0.1) is 13.2 Å². The fraction of sp³-hybridized carbons (Fsp3) is 0.375. The molecular formula is C16H15BrN2O3. The molecule has 2 heterocycles. The highest BCUT2D eigenvalue weighted by Gasteiger charge is 2.31. The van der Waals surface area contributed by atoms with E-state index < -0.39 is 0 Å². The van der Waals surface area contributed by atoms with Crippen LogP contribution in [0, 0.1) is 0 Å². The number of morpholine rings is 1. The molecule has 2 aliphatic carbocycles. The number of ketones is 1. The first-order valence-electron chi connectivity index (χ1n) is 7.35. The van der Waals surface area contributed by atoms with Crippen molar-refractivity contribution in [3.63, 3.8) is 0 Å². The lowest BCUT2D eigenvalue weighted by Gasteiger charge is -2.33. The summed E-state index contributed by atoms with van der Waals surface area (Å²) in [6.45, 7) is 3.12. The van der Waals surface area contributed by atoms with E-state index in [0.717, 1.165) is 55.1 Å². The summed E-state index contributed by atoms with van der Waals surface area (Å²) in [6.07, 6.45) is 5.29. The molecule has 0 bridgehead atoms. The minimum Gasteiger partial charge on any atom is -0.378 e. The smallest absolute Gasteiger partial charge is 0.184 e. The fourth-order valence-electron chi connectivity index (χ4n) is 3.22. The summed E-state index contributed by atoms with van der Waals surface area (Å²) in [5, 5.41) is 3.88. The molecule has 0 N–H and O–H groups in total. The van der Waals surface area contributed by atoms with Crippen LogP contribution in [-0.2, 0) is 9.53 Å². The highest BCUT2D eigenvalue weighted by Crippen LogP contribution is 2.41. The lowest BCUT2D eigenvalue weighted by Crippen LogP contribution is -2.36. The number of nitrogens with zero attached hydrogens (tertiary/aromatic N) is 2. The number of carbonyl (C=O) groups is 1. The Morgan fingerprint density at radius 2 is 2.05 bits per heavy atom. The van der Waals surface area contributed by atoms with E-state index in [1.165, 1.54) is 0 Å². The van der Waals surface area contributed by atoms with E-state index in [0.29, 0.717) is 16.8 Å². The predicted molar refractivity (Wildman–Crippen MR) is 83.9 cm³/mol. The van der Waals surface area contributed by atoms with Gasteiger partial charge in [-0.15, -0.1) is 0 Å². The second kappa shape index (κ2) is 5.52. The molecule has 0 amide bonds. The van der Waals surface area contributed by atoms with Gasteiger partial charge in [0, 0.05) is 48.5 Å². The van der Waals surface area contributed by atoms with E-state index in [-0.39, 0.29) is 5.78 Å². The second-order valence-corrected chi connectivity index (χ2v) is 6.38. The molecule has 0 radical (unpaired) electrons. The van der Waals surface area contributed by atoms with Crippen LogP contribution in [0.5, 0.6) is 0 Å². The van der Waals surface area contributed by atoms with Crippen molar-refractivity contribution in [2.75, 3.05) is 26.3 Å². The molecule has 5 nitrogen and oxygen atoms in total. The summed E-state index contributed by atoms with van der Waals surface area (Å²) in [6, 6.07) is 1.85. The standard InChI is InChI=1S/C16H15BrN2O3/c17-16-9-15(22-18-16)12-2-1-11-13(12)7-10(8-14(11)20)19-3-5-21-6-4-19/h2,8-9H,1,3-7H2. The Morgan fingerprint density at radius 3 is 2.77 bits per heavy atom. The second-order valence-electron chi connectivity index (χ2n) is 5.57. The van der Waals surface area contributed by atoms with Gasteiger partial charge in [-0.25, -0.2) is 0 Å². The molecular weight excluding hydrogens is 348 g/mol. The van der Waals surface area contributed by atoms with Crippen molar-refractivity contribution in [1.29, 1.82) is 0 Å². The minimum atomic E-state index is 0.118. The number of halogens is 1. The van der Waals surface area contributed by atoms with E-state index in [2.05, 4.69) is 32.1 Å². The highest BCUT2D eigenvalue weighted by atomic mass is 79.9. The molecule has 1 aromatic heterocycles. The van der Waals surface area contributed by atoms with E-state index in [9.17, 15) is 4.79 Å². The van der Waals surface area contributed by atoms with Crippen molar-refractivity contribution >= 4 is 27.3 Å². The monoisotopic (exact) mass is 362 g/mol. The number of aromatic nitrogens is 1. The Labute approximate surface area is 136 Å². The maximum Gasteiger partial charge on any atom is 0.184 e. The number of carbonyl (C=O) groups excluding carboxylic acids is 1. The van der Waals surface area contributed by atoms with E-state index in [1.54, 1.807) is 6.08 Å². The van der Waals surface area contributed by atoms with Crippen LogP contribution >= 0.6 is 15.9 Å². The third-order valence-electron chi connectivity index (χ3n) is 4.32. The number of rotatable bonds is 2. The molecule has 0 unspecified atom stereocenters. The Bertz CT molecular complexity index is 724. The Morgan fingerprint density at radius 1 is 1.23 bits per heavy atom. The largest absolute Gasteiger partial charge is 0.378 e. The molecule has 4 rings (SSSR count). The maximum absolute atomic E-state index is 12.4. The Kier molecular flexibility index (Phi) is 3.50. The summed E-state index contributed by atoms with van der Waals surface area (Å²) in [5.41, 5.74) is 4.05. The Hall–Kier alpha value is -1.66. The first-order valence-corrected chi connectivity index (χ1v) is 8.14. The first-order chi connectivity index (χ1) is 10.7. The van der Waals surface area contributed by atoms with Crippen molar-refractivity contribution < 1.29 is 14.1 Å². The van der Waals surface area contributed by atoms with Crippen molar-refractivity contribution in [2.24, 2.45) is 0 Å². The number of ether oxygens (including phenoxy) is 1. The van der Waals surface area contributed by atoms with Crippen molar-refractivity contribution in [1.82, 2.24) is 10.1 Å². The summed E-state index contributed by atoms with van der Waals surface area (Å²) >= 11 is 3.30. The van der Waals surface area contributed by atoms with Crippen LogP contribution in [0.3, 0.4) is 0 Å². The third-order valence-corrected chi connectivity index (χ3v) is 4.69. The Balaban J connectivity index is 1.62. The highest BCUT2D eigenvalue weighted by molar-refractivity contribution is 9.10. The normalized spacial score (nSPS) is 21.9. The van der Waals surface area contributed by atoms with Gasteiger partial charge in [-0.1, -0.05) is 11.2 Å². The molecule has 1 aliphatic heterocycles. The lowest BCUT2D eigenvalue weighted by molar-refractivity contribution is -0.111. The molecule has 0 saturated carbocycles. The van der Waals surface area contributed by atoms with E-state index in [4.69, 9.17) is 9.26 Å². The maximum atomic E-state index is 12.4. The van der Waals surface area contributed by atoms with Crippen molar-refractivity contribution in [2.45, 2.75) is 12.8 Å². The van der Waals surface area contributed by atoms with Crippen molar-refractivity contribution in [3.8, 4) is 0 Å². The average molecular weight is 363 g/mol. The molecule has 6 heteroatoms. The van der Waals surface area contributed by atoms with Gasteiger partial charge in [-0.05, 0) is 27.9 Å². The third kappa shape index (κ3) is 2.36.